The van der Waals surface area contributed by atoms with Gasteiger partial charge in [0.15, 0.2) is 0 Å². The van der Waals surface area contributed by atoms with Crippen LogP contribution in [0.25, 0.3) is 0 Å². The average Bonchev–Trinajstić information content (AvgIpc) is 3.50. The molecule has 5 rings (SSSR count). The molecule has 0 spiro atoms. The van der Waals surface area contributed by atoms with Crippen molar-refractivity contribution in [3.8, 4) is 0 Å². The number of benzene rings is 2. The molecule has 0 bridgehead atoms. The van der Waals surface area contributed by atoms with Crippen molar-refractivity contribution < 1.29 is 18.7 Å². The zero-order valence-corrected chi connectivity index (χ0v) is 22.4. The molecule has 0 saturated carbocycles. The SMILES string of the molecule is O=C(CCN1CCOCC1)N[C@@H](CCN1CC2CN(C(=O)c3c(F)cccc3Cl)CC2C1)c1ccccc1. The number of carbonyl (C=O) groups excluding carboxylic acids is 2. The zero-order chi connectivity index (χ0) is 26.5. The maximum absolute atomic E-state index is 14.3. The number of halogens is 2. The molecule has 38 heavy (non-hydrogen) atoms. The van der Waals surface area contributed by atoms with E-state index < -0.39 is 5.82 Å². The van der Waals surface area contributed by atoms with E-state index in [-0.39, 0.29) is 28.4 Å². The number of fused-ring (bicyclic) bond motifs is 1. The van der Waals surface area contributed by atoms with Crippen molar-refractivity contribution in [3.63, 3.8) is 0 Å². The summed E-state index contributed by atoms with van der Waals surface area (Å²) in [7, 11) is 0. The van der Waals surface area contributed by atoms with E-state index in [1.165, 1.54) is 12.1 Å². The van der Waals surface area contributed by atoms with Crippen molar-refractivity contribution in [1.29, 1.82) is 0 Å². The fourth-order valence-electron chi connectivity index (χ4n) is 5.97. The fourth-order valence-corrected chi connectivity index (χ4v) is 6.21. The number of hydrogen-bond acceptors (Lipinski definition) is 5. The van der Waals surface area contributed by atoms with Crippen LogP contribution in [0.15, 0.2) is 48.5 Å². The van der Waals surface area contributed by atoms with Gasteiger partial charge in [-0.05, 0) is 36.0 Å². The minimum Gasteiger partial charge on any atom is -0.379 e. The lowest BCUT2D eigenvalue weighted by Gasteiger charge is -2.27. The third-order valence-electron chi connectivity index (χ3n) is 8.06. The highest BCUT2D eigenvalue weighted by atomic mass is 35.5. The smallest absolute Gasteiger partial charge is 0.258 e. The number of likely N-dealkylation sites (tertiary alicyclic amines) is 2. The predicted octanol–water partition coefficient (Wildman–Crippen LogP) is 3.45. The van der Waals surface area contributed by atoms with E-state index >= 15 is 0 Å². The Bertz CT molecular complexity index is 1080. The molecule has 2 unspecified atom stereocenters. The van der Waals surface area contributed by atoms with Crippen LogP contribution < -0.4 is 5.32 Å². The zero-order valence-electron chi connectivity index (χ0n) is 21.7. The van der Waals surface area contributed by atoms with Gasteiger partial charge < -0.3 is 19.9 Å². The minimum atomic E-state index is -0.569. The molecule has 3 fully saturated rings. The summed E-state index contributed by atoms with van der Waals surface area (Å²) in [5.74, 6) is -0.0895. The van der Waals surface area contributed by atoms with Crippen molar-refractivity contribution in [3.05, 3.63) is 70.5 Å². The van der Waals surface area contributed by atoms with Crippen molar-refractivity contribution >= 4 is 23.4 Å². The summed E-state index contributed by atoms with van der Waals surface area (Å²) in [6, 6.07) is 14.5. The second-order valence-corrected chi connectivity index (χ2v) is 11.0. The number of morpholine rings is 1. The molecule has 3 atom stereocenters. The van der Waals surface area contributed by atoms with Crippen LogP contribution in [-0.2, 0) is 9.53 Å². The lowest BCUT2D eigenvalue weighted by Crippen LogP contribution is -2.39. The molecule has 0 aliphatic carbocycles. The molecular formula is C29H36ClFN4O3. The van der Waals surface area contributed by atoms with Gasteiger partial charge in [-0.15, -0.1) is 0 Å². The molecule has 0 radical (unpaired) electrons. The highest BCUT2D eigenvalue weighted by Crippen LogP contribution is 2.33. The third-order valence-corrected chi connectivity index (χ3v) is 8.37. The Kier molecular flexibility index (Phi) is 8.94. The Morgan fingerprint density at radius 1 is 0.947 bits per heavy atom. The average molecular weight is 543 g/mol. The van der Waals surface area contributed by atoms with Crippen LogP contribution in [0.4, 0.5) is 4.39 Å². The van der Waals surface area contributed by atoms with Crippen molar-refractivity contribution in [2.24, 2.45) is 11.8 Å². The first kappa shape index (κ1) is 27.1. The van der Waals surface area contributed by atoms with E-state index in [4.69, 9.17) is 16.3 Å². The second kappa shape index (κ2) is 12.6. The molecule has 3 aliphatic rings. The maximum Gasteiger partial charge on any atom is 0.258 e. The van der Waals surface area contributed by atoms with E-state index in [0.29, 0.717) is 31.3 Å². The van der Waals surface area contributed by atoms with Gasteiger partial charge >= 0.3 is 0 Å². The van der Waals surface area contributed by atoms with Crippen molar-refractivity contribution in [2.75, 3.05) is 65.6 Å². The van der Waals surface area contributed by atoms with Crippen molar-refractivity contribution in [1.82, 2.24) is 20.0 Å². The predicted molar refractivity (Wildman–Crippen MR) is 145 cm³/mol. The number of hydrogen-bond donors (Lipinski definition) is 1. The number of amides is 2. The molecule has 2 aromatic carbocycles. The van der Waals surface area contributed by atoms with Gasteiger partial charge in [-0.3, -0.25) is 14.5 Å². The van der Waals surface area contributed by atoms with Gasteiger partial charge in [0.25, 0.3) is 5.91 Å². The largest absolute Gasteiger partial charge is 0.379 e. The lowest BCUT2D eigenvalue weighted by atomic mass is 10.0. The Morgan fingerprint density at radius 2 is 1.66 bits per heavy atom. The topological polar surface area (TPSA) is 65.1 Å². The van der Waals surface area contributed by atoms with Gasteiger partial charge in [-0.2, -0.15) is 0 Å². The molecule has 9 heteroatoms. The molecule has 0 aromatic heterocycles. The van der Waals surface area contributed by atoms with Gasteiger partial charge in [0.2, 0.25) is 5.91 Å². The number of ether oxygens (including phenoxy) is 1. The highest BCUT2D eigenvalue weighted by molar-refractivity contribution is 6.33. The van der Waals surface area contributed by atoms with Gasteiger partial charge in [0.05, 0.1) is 29.8 Å². The van der Waals surface area contributed by atoms with E-state index in [2.05, 4.69) is 27.2 Å². The van der Waals surface area contributed by atoms with Crippen LogP contribution in [0.3, 0.4) is 0 Å². The Labute approximate surface area is 228 Å². The summed E-state index contributed by atoms with van der Waals surface area (Å²) < 4.78 is 19.7. The van der Waals surface area contributed by atoms with E-state index in [9.17, 15) is 14.0 Å². The Hall–Kier alpha value is -2.52. The third kappa shape index (κ3) is 6.54. The normalized spacial score (nSPS) is 22.8. The van der Waals surface area contributed by atoms with Gasteiger partial charge in [-0.1, -0.05) is 48.0 Å². The van der Waals surface area contributed by atoms with Crippen molar-refractivity contribution in [2.45, 2.75) is 18.9 Å². The summed E-state index contributed by atoms with van der Waals surface area (Å²) >= 11 is 6.13. The van der Waals surface area contributed by atoms with E-state index in [1.54, 1.807) is 11.0 Å². The number of carbonyl (C=O) groups is 2. The second-order valence-electron chi connectivity index (χ2n) is 10.6. The van der Waals surface area contributed by atoms with Crippen LogP contribution in [0.1, 0.15) is 34.8 Å². The summed E-state index contributed by atoms with van der Waals surface area (Å²) in [5.41, 5.74) is 1.09. The first-order valence-corrected chi connectivity index (χ1v) is 14.0. The summed E-state index contributed by atoms with van der Waals surface area (Å²) in [6.07, 6.45) is 1.30. The number of rotatable bonds is 9. The van der Waals surface area contributed by atoms with Gasteiger partial charge in [0, 0.05) is 58.8 Å². The summed E-state index contributed by atoms with van der Waals surface area (Å²) in [6.45, 7) is 7.85. The quantitative estimate of drug-likeness (QED) is 0.526. The van der Waals surface area contributed by atoms with Gasteiger partial charge in [-0.25, -0.2) is 4.39 Å². The molecule has 3 saturated heterocycles. The first-order valence-electron chi connectivity index (χ1n) is 13.6. The summed E-state index contributed by atoms with van der Waals surface area (Å²) in [5, 5.41) is 3.43. The highest BCUT2D eigenvalue weighted by Gasteiger charge is 2.42. The Morgan fingerprint density at radius 3 is 2.34 bits per heavy atom. The van der Waals surface area contributed by atoms with E-state index in [0.717, 1.165) is 64.5 Å². The molecule has 204 valence electrons. The van der Waals surface area contributed by atoms with Crippen LogP contribution in [0, 0.1) is 17.7 Å². The summed E-state index contributed by atoms with van der Waals surface area (Å²) in [4.78, 5) is 32.3. The molecule has 2 aromatic rings. The molecular weight excluding hydrogens is 507 g/mol. The molecule has 3 heterocycles. The van der Waals surface area contributed by atoms with Crippen LogP contribution in [0.5, 0.6) is 0 Å². The lowest BCUT2D eigenvalue weighted by molar-refractivity contribution is -0.122. The van der Waals surface area contributed by atoms with Crippen LogP contribution in [-0.4, -0.2) is 92.1 Å². The standard InChI is InChI=1S/C29H36ClFN4O3/c30-24-7-4-8-25(31)28(24)29(37)35-19-22-17-34(18-23(22)20-35)11-9-26(21-5-2-1-3-6-21)32-27(36)10-12-33-13-15-38-16-14-33/h1-8,22-23,26H,9-20H2,(H,32,36)/t22?,23?,26-/m0/s1. The Balaban J connectivity index is 1.13. The fraction of sp³-hybridized carbons (Fsp3) is 0.517. The molecule has 7 nitrogen and oxygen atoms in total. The maximum atomic E-state index is 14.3. The number of nitrogens with one attached hydrogen (secondary N) is 1. The first-order chi connectivity index (χ1) is 18.5. The molecule has 3 aliphatic heterocycles. The molecule has 2 amide bonds. The van der Waals surface area contributed by atoms with Crippen LogP contribution >= 0.6 is 11.6 Å². The molecule has 1 N–H and O–H groups in total. The monoisotopic (exact) mass is 542 g/mol. The minimum absolute atomic E-state index is 0.0268. The van der Waals surface area contributed by atoms with Crippen LogP contribution in [0.2, 0.25) is 5.02 Å². The van der Waals surface area contributed by atoms with Gasteiger partial charge in [0.1, 0.15) is 5.82 Å². The van der Waals surface area contributed by atoms with E-state index in [1.807, 2.05) is 18.2 Å². The number of nitrogens with zero attached hydrogens (tertiary/aromatic N) is 3.